The molecule has 2 N–H and O–H groups in total. The number of ether oxygens (including phenoxy) is 2. The summed E-state index contributed by atoms with van der Waals surface area (Å²) in [5.41, 5.74) is 0. The lowest BCUT2D eigenvalue weighted by atomic mass is 10.3. The summed E-state index contributed by atoms with van der Waals surface area (Å²) in [4.78, 5) is 7.13. The molecule has 0 aromatic rings. The van der Waals surface area contributed by atoms with Gasteiger partial charge >= 0.3 is 0 Å². The number of nitrogens with zero attached hydrogens (tertiary/aromatic N) is 2. The van der Waals surface area contributed by atoms with E-state index in [2.05, 4.69) is 41.3 Å². The Morgan fingerprint density at radius 1 is 0.917 bits per heavy atom. The summed E-state index contributed by atoms with van der Waals surface area (Å²) in [6.45, 7) is 14.8. The Labute approximate surface area is 149 Å². The van der Waals surface area contributed by atoms with Gasteiger partial charge in [0.2, 0.25) is 0 Å². The van der Waals surface area contributed by atoms with Crippen molar-refractivity contribution in [2.45, 2.75) is 46.5 Å². The lowest BCUT2D eigenvalue weighted by molar-refractivity contribution is 0.0702. The van der Waals surface area contributed by atoms with Crippen LogP contribution < -0.4 is 10.6 Å². The van der Waals surface area contributed by atoms with Gasteiger partial charge in [0, 0.05) is 33.4 Å². The van der Waals surface area contributed by atoms with E-state index in [1.165, 1.54) is 25.9 Å². The van der Waals surface area contributed by atoms with E-state index in [1.54, 1.807) is 7.11 Å². The summed E-state index contributed by atoms with van der Waals surface area (Å²) in [5.74, 6) is 0.909. The summed E-state index contributed by atoms with van der Waals surface area (Å²) in [5, 5.41) is 6.72. The number of nitrogens with one attached hydrogen (secondary N) is 2. The van der Waals surface area contributed by atoms with Crippen LogP contribution in [0.2, 0.25) is 0 Å². The van der Waals surface area contributed by atoms with Gasteiger partial charge in [-0.3, -0.25) is 4.99 Å². The highest BCUT2D eigenvalue weighted by Gasteiger charge is 2.02. The largest absolute Gasteiger partial charge is 0.382 e. The zero-order valence-electron chi connectivity index (χ0n) is 16.4. The van der Waals surface area contributed by atoms with Crippen molar-refractivity contribution in [3.05, 3.63) is 0 Å². The van der Waals surface area contributed by atoms with E-state index in [1.807, 2.05) is 0 Å². The van der Waals surface area contributed by atoms with Crippen molar-refractivity contribution < 1.29 is 9.47 Å². The second-order valence-electron chi connectivity index (χ2n) is 5.84. The van der Waals surface area contributed by atoms with Crippen LogP contribution in [0.1, 0.15) is 46.5 Å². The SMILES string of the molecule is CCCN(CCC)CCCNC(=NCCCOCCOC)NCC. The van der Waals surface area contributed by atoms with Crippen LogP contribution in [0, 0.1) is 0 Å². The quantitative estimate of drug-likeness (QED) is 0.255. The average molecular weight is 345 g/mol. The lowest BCUT2D eigenvalue weighted by Gasteiger charge is -2.21. The topological polar surface area (TPSA) is 58.1 Å². The van der Waals surface area contributed by atoms with Crippen LogP contribution in [0.5, 0.6) is 0 Å². The minimum Gasteiger partial charge on any atom is -0.382 e. The molecule has 0 aliphatic carbocycles. The molecule has 0 amide bonds. The van der Waals surface area contributed by atoms with Gasteiger partial charge in [-0.25, -0.2) is 0 Å². The molecule has 0 aliphatic heterocycles. The van der Waals surface area contributed by atoms with Crippen molar-refractivity contribution in [2.24, 2.45) is 4.99 Å². The van der Waals surface area contributed by atoms with Crippen molar-refractivity contribution in [3.63, 3.8) is 0 Å². The van der Waals surface area contributed by atoms with E-state index < -0.39 is 0 Å². The Kier molecular flexibility index (Phi) is 17.8. The molecule has 0 atom stereocenters. The van der Waals surface area contributed by atoms with Gasteiger partial charge in [-0.2, -0.15) is 0 Å². The Balaban J connectivity index is 3.86. The Morgan fingerprint density at radius 3 is 2.29 bits per heavy atom. The highest BCUT2D eigenvalue weighted by atomic mass is 16.5. The molecule has 0 aromatic carbocycles. The first kappa shape index (κ1) is 23.1. The zero-order valence-corrected chi connectivity index (χ0v) is 16.4. The number of rotatable bonds is 16. The van der Waals surface area contributed by atoms with Crippen LogP contribution >= 0.6 is 0 Å². The fourth-order valence-electron chi connectivity index (χ4n) is 2.42. The molecule has 0 aromatic heterocycles. The Morgan fingerprint density at radius 2 is 1.67 bits per heavy atom. The van der Waals surface area contributed by atoms with Gasteiger partial charge < -0.3 is 25.0 Å². The molecular formula is C18H40N4O2. The first-order chi connectivity index (χ1) is 11.8. The standard InChI is InChI=1S/C18H40N4O2/c1-5-12-22(13-6-2)14-8-10-20-18(19-7-3)21-11-9-15-24-17-16-23-4/h5-17H2,1-4H3,(H2,19,20,21). The molecule has 0 aliphatic rings. The molecule has 0 saturated carbocycles. The maximum Gasteiger partial charge on any atom is 0.191 e. The third-order valence-corrected chi connectivity index (χ3v) is 3.52. The fraction of sp³-hybridized carbons (Fsp3) is 0.944. The highest BCUT2D eigenvalue weighted by Crippen LogP contribution is 1.95. The van der Waals surface area contributed by atoms with Gasteiger partial charge in [-0.05, 0) is 52.2 Å². The monoisotopic (exact) mass is 344 g/mol. The van der Waals surface area contributed by atoms with Gasteiger partial charge in [0.1, 0.15) is 0 Å². The molecule has 0 spiro atoms. The van der Waals surface area contributed by atoms with E-state index in [0.717, 1.165) is 51.6 Å². The van der Waals surface area contributed by atoms with Gasteiger partial charge in [0.05, 0.1) is 13.2 Å². The fourth-order valence-corrected chi connectivity index (χ4v) is 2.42. The third-order valence-electron chi connectivity index (χ3n) is 3.52. The Hall–Kier alpha value is -0.850. The summed E-state index contributed by atoms with van der Waals surface area (Å²) in [7, 11) is 1.69. The van der Waals surface area contributed by atoms with Crippen LogP contribution in [0.15, 0.2) is 4.99 Å². The molecule has 0 saturated heterocycles. The van der Waals surface area contributed by atoms with E-state index in [9.17, 15) is 0 Å². The van der Waals surface area contributed by atoms with Crippen LogP contribution in [-0.4, -0.2) is 77.1 Å². The molecule has 0 radical (unpaired) electrons. The minimum absolute atomic E-state index is 0.653. The van der Waals surface area contributed by atoms with Gasteiger partial charge in [-0.1, -0.05) is 13.8 Å². The number of methoxy groups -OCH3 is 1. The third kappa shape index (κ3) is 14.7. The van der Waals surface area contributed by atoms with E-state index in [-0.39, 0.29) is 0 Å². The van der Waals surface area contributed by atoms with Gasteiger partial charge in [0.25, 0.3) is 0 Å². The first-order valence-electron chi connectivity index (χ1n) is 9.59. The van der Waals surface area contributed by atoms with Gasteiger partial charge in [-0.15, -0.1) is 0 Å². The molecule has 0 heterocycles. The van der Waals surface area contributed by atoms with Crippen molar-refractivity contribution in [3.8, 4) is 0 Å². The predicted octanol–water partition coefficient (Wildman–Crippen LogP) is 2.11. The normalized spacial score (nSPS) is 12.0. The van der Waals surface area contributed by atoms with Crippen LogP contribution in [0.4, 0.5) is 0 Å². The van der Waals surface area contributed by atoms with Crippen molar-refractivity contribution in [1.82, 2.24) is 15.5 Å². The molecule has 0 fully saturated rings. The summed E-state index contributed by atoms with van der Waals surface area (Å²) < 4.78 is 10.4. The lowest BCUT2D eigenvalue weighted by Crippen LogP contribution is -2.39. The molecule has 24 heavy (non-hydrogen) atoms. The van der Waals surface area contributed by atoms with Crippen LogP contribution in [0.3, 0.4) is 0 Å². The molecule has 0 rings (SSSR count). The average Bonchev–Trinajstić information content (AvgIpc) is 2.58. The van der Waals surface area contributed by atoms with Gasteiger partial charge in [0.15, 0.2) is 5.96 Å². The van der Waals surface area contributed by atoms with Crippen molar-refractivity contribution in [2.75, 3.05) is 66.2 Å². The molecular weight excluding hydrogens is 304 g/mol. The van der Waals surface area contributed by atoms with E-state index in [4.69, 9.17) is 9.47 Å². The van der Waals surface area contributed by atoms with Crippen molar-refractivity contribution >= 4 is 5.96 Å². The predicted molar refractivity (Wildman–Crippen MR) is 103 cm³/mol. The smallest absolute Gasteiger partial charge is 0.191 e. The maximum atomic E-state index is 5.45. The molecule has 0 unspecified atom stereocenters. The summed E-state index contributed by atoms with van der Waals surface area (Å²) in [6.07, 6.45) is 4.53. The summed E-state index contributed by atoms with van der Waals surface area (Å²) >= 11 is 0. The number of hydrogen-bond acceptors (Lipinski definition) is 4. The zero-order chi connectivity index (χ0) is 17.9. The minimum atomic E-state index is 0.653. The molecule has 6 heteroatoms. The van der Waals surface area contributed by atoms with Crippen LogP contribution in [0.25, 0.3) is 0 Å². The molecule has 144 valence electrons. The second kappa shape index (κ2) is 18.5. The molecule has 0 bridgehead atoms. The maximum absolute atomic E-state index is 5.45. The van der Waals surface area contributed by atoms with Crippen molar-refractivity contribution in [1.29, 1.82) is 0 Å². The summed E-state index contributed by atoms with van der Waals surface area (Å²) in [6, 6.07) is 0. The van der Waals surface area contributed by atoms with E-state index in [0.29, 0.717) is 13.2 Å². The van der Waals surface area contributed by atoms with Crippen LogP contribution in [-0.2, 0) is 9.47 Å². The highest BCUT2D eigenvalue weighted by molar-refractivity contribution is 5.79. The number of aliphatic imine (C=N–C) groups is 1. The number of guanidine groups is 1. The molecule has 6 nitrogen and oxygen atoms in total. The second-order valence-corrected chi connectivity index (χ2v) is 5.84. The Bertz CT molecular complexity index is 282. The first-order valence-corrected chi connectivity index (χ1v) is 9.59. The number of hydrogen-bond donors (Lipinski definition) is 2. The van der Waals surface area contributed by atoms with E-state index >= 15 is 0 Å².